The van der Waals surface area contributed by atoms with Crippen molar-refractivity contribution in [2.75, 3.05) is 0 Å². The molecule has 1 aromatic heterocycles. The molecule has 1 rings (SSSR count). The van der Waals surface area contributed by atoms with E-state index < -0.39 is 5.97 Å². The van der Waals surface area contributed by atoms with Gasteiger partial charge < -0.3 is 5.11 Å². The molecule has 0 aromatic carbocycles. The predicted octanol–water partition coefficient (Wildman–Crippen LogP) is 1.67. The third-order valence-electron chi connectivity index (χ3n) is 1.60. The maximum atomic E-state index is 10.4. The zero-order valence-electron chi connectivity index (χ0n) is 6.54. The molecule has 1 heterocycles. The van der Waals surface area contributed by atoms with Crippen LogP contribution in [0.3, 0.4) is 0 Å². The molecular formula is C8H8ClNO2. The highest BCUT2D eigenvalue weighted by molar-refractivity contribution is 6.30. The fourth-order valence-corrected chi connectivity index (χ4v) is 1.08. The van der Waals surface area contributed by atoms with Crippen LogP contribution in [0.25, 0.3) is 0 Å². The van der Waals surface area contributed by atoms with Gasteiger partial charge in [0.05, 0.1) is 6.42 Å². The van der Waals surface area contributed by atoms with Crippen LogP contribution in [0.2, 0.25) is 5.15 Å². The lowest BCUT2D eigenvalue weighted by molar-refractivity contribution is -0.136. The van der Waals surface area contributed by atoms with E-state index in [0.717, 1.165) is 5.56 Å². The van der Waals surface area contributed by atoms with Gasteiger partial charge >= 0.3 is 5.97 Å². The molecule has 0 saturated heterocycles. The number of carbonyl (C=O) groups is 1. The first-order chi connectivity index (χ1) is 5.61. The minimum Gasteiger partial charge on any atom is -0.481 e. The summed E-state index contributed by atoms with van der Waals surface area (Å²) in [5, 5.41) is 8.89. The largest absolute Gasteiger partial charge is 0.481 e. The van der Waals surface area contributed by atoms with Crippen molar-refractivity contribution in [3.05, 3.63) is 28.5 Å². The highest BCUT2D eigenvalue weighted by atomic mass is 35.5. The molecule has 4 heteroatoms. The summed E-state index contributed by atoms with van der Waals surface area (Å²) in [6.45, 7) is 1.76. The Morgan fingerprint density at radius 3 is 3.00 bits per heavy atom. The Hall–Kier alpha value is -1.09. The van der Waals surface area contributed by atoms with Gasteiger partial charge in [0.25, 0.3) is 0 Å². The summed E-state index contributed by atoms with van der Waals surface area (Å²) < 4.78 is 0. The fourth-order valence-electron chi connectivity index (χ4n) is 0.901. The average Bonchev–Trinajstić information content (AvgIpc) is 1.98. The van der Waals surface area contributed by atoms with Crippen LogP contribution in [0.5, 0.6) is 0 Å². The van der Waals surface area contributed by atoms with Gasteiger partial charge in [0.15, 0.2) is 0 Å². The monoisotopic (exact) mass is 185 g/mol. The van der Waals surface area contributed by atoms with Crippen molar-refractivity contribution in [2.24, 2.45) is 0 Å². The highest BCUT2D eigenvalue weighted by Gasteiger charge is 2.06. The number of halogens is 1. The van der Waals surface area contributed by atoms with Crippen LogP contribution < -0.4 is 0 Å². The van der Waals surface area contributed by atoms with Gasteiger partial charge in [0.2, 0.25) is 0 Å². The molecule has 0 unspecified atom stereocenters. The van der Waals surface area contributed by atoms with Gasteiger partial charge in [0, 0.05) is 6.20 Å². The number of carboxylic acids is 1. The fraction of sp³-hybridized carbons (Fsp3) is 0.250. The van der Waals surface area contributed by atoms with E-state index in [4.69, 9.17) is 16.7 Å². The first-order valence-corrected chi connectivity index (χ1v) is 3.81. The van der Waals surface area contributed by atoms with Crippen LogP contribution in [-0.2, 0) is 11.2 Å². The van der Waals surface area contributed by atoms with Crippen LogP contribution in [0.1, 0.15) is 11.1 Å². The Bertz CT molecular complexity index is 312. The van der Waals surface area contributed by atoms with Crippen LogP contribution in [0.4, 0.5) is 0 Å². The van der Waals surface area contributed by atoms with E-state index in [2.05, 4.69) is 4.98 Å². The lowest BCUT2D eigenvalue weighted by atomic mass is 10.1. The summed E-state index contributed by atoms with van der Waals surface area (Å²) in [5.74, 6) is -0.861. The van der Waals surface area contributed by atoms with Crippen LogP contribution >= 0.6 is 11.6 Å². The lowest BCUT2D eigenvalue weighted by Gasteiger charge is -2.02. The zero-order chi connectivity index (χ0) is 9.14. The highest BCUT2D eigenvalue weighted by Crippen LogP contribution is 2.15. The van der Waals surface area contributed by atoms with Crippen molar-refractivity contribution in [3.63, 3.8) is 0 Å². The number of hydrogen-bond donors (Lipinski definition) is 1. The van der Waals surface area contributed by atoms with Crippen molar-refractivity contribution in [2.45, 2.75) is 13.3 Å². The number of aromatic nitrogens is 1. The number of carboxylic acid groups (broad SMARTS) is 1. The molecule has 0 spiro atoms. The normalized spacial score (nSPS) is 9.83. The molecule has 0 aliphatic heterocycles. The molecule has 0 saturated carbocycles. The predicted molar refractivity (Wildman–Crippen MR) is 45.3 cm³/mol. The molecule has 0 aliphatic carbocycles. The molecule has 0 bridgehead atoms. The molecular weight excluding hydrogens is 178 g/mol. The average molecular weight is 186 g/mol. The SMILES string of the molecule is Cc1c(CC(=O)O)ccnc1Cl. The zero-order valence-corrected chi connectivity index (χ0v) is 7.30. The van der Waals surface area contributed by atoms with Crippen LogP contribution in [0.15, 0.2) is 12.3 Å². The quantitative estimate of drug-likeness (QED) is 0.714. The third kappa shape index (κ3) is 1.95. The number of pyridine rings is 1. The Morgan fingerprint density at radius 2 is 2.42 bits per heavy atom. The summed E-state index contributed by atoms with van der Waals surface area (Å²) >= 11 is 5.69. The minimum absolute atomic E-state index is 0.00588. The van der Waals surface area contributed by atoms with E-state index in [0.29, 0.717) is 10.7 Å². The molecule has 64 valence electrons. The summed E-state index contributed by atoms with van der Waals surface area (Å²) in [5.41, 5.74) is 1.45. The van der Waals surface area contributed by atoms with E-state index in [9.17, 15) is 4.79 Å². The van der Waals surface area contributed by atoms with Crippen molar-refractivity contribution in [1.82, 2.24) is 4.98 Å². The summed E-state index contributed by atoms with van der Waals surface area (Å²) in [7, 11) is 0. The first-order valence-electron chi connectivity index (χ1n) is 3.43. The second kappa shape index (κ2) is 3.54. The van der Waals surface area contributed by atoms with Crippen molar-refractivity contribution in [3.8, 4) is 0 Å². The van der Waals surface area contributed by atoms with Gasteiger partial charge in [-0.25, -0.2) is 4.98 Å². The van der Waals surface area contributed by atoms with Gasteiger partial charge in [-0.3, -0.25) is 4.79 Å². The lowest BCUT2D eigenvalue weighted by Crippen LogP contribution is -2.02. The first kappa shape index (κ1) is 9.00. The van der Waals surface area contributed by atoms with Crippen LogP contribution in [-0.4, -0.2) is 16.1 Å². The Balaban J connectivity index is 3.00. The summed E-state index contributed by atoms with van der Waals surface area (Å²) in [4.78, 5) is 14.2. The molecule has 1 aromatic rings. The topological polar surface area (TPSA) is 50.2 Å². The van der Waals surface area contributed by atoms with Crippen molar-refractivity contribution >= 4 is 17.6 Å². The Morgan fingerprint density at radius 1 is 1.75 bits per heavy atom. The standard InChI is InChI=1S/C8H8ClNO2/c1-5-6(4-7(11)12)2-3-10-8(5)9/h2-3H,4H2,1H3,(H,11,12). The maximum absolute atomic E-state index is 10.4. The van der Waals surface area contributed by atoms with Gasteiger partial charge in [-0.1, -0.05) is 11.6 Å². The number of hydrogen-bond acceptors (Lipinski definition) is 2. The Labute approximate surface area is 75.0 Å². The second-order valence-electron chi connectivity index (χ2n) is 2.46. The minimum atomic E-state index is -0.861. The molecule has 12 heavy (non-hydrogen) atoms. The molecule has 0 aliphatic rings. The summed E-state index contributed by atoms with van der Waals surface area (Å²) in [6, 6.07) is 1.66. The van der Waals surface area contributed by atoms with E-state index in [1.807, 2.05) is 0 Å². The molecule has 0 atom stereocenters. The molecule has 3 nitrogen and oxygen atoms in total. The van der Waals surface area contributed by atoms with Crippen LogP contribution in [0, 0.1) is 6.92 Å². The second-order valence-corrected chi connectivity index (χ2v) is 2.81. The number of rotatable bonds is 2. The maximum Gasteiger partial charge on any atom is 0.307 e. The Kier molecular flexibility index (Phi) is 2.65. The van der Waals surface area contributed by atoms with Crippen molar-refractivity contribution in [1.29, 1.82) is 0 Å². The van der Waals surface area contributed by atoms with E-state index in [1.54, 1.807) is 13.0 Å². The third-order valence-corrected chi connectivity index (χ3v) is 1.98. The van der Waals surface area contributed by atoms with Gasteiger partial charge in [-0.05, 0) is 24.1 Å². The van der Waals surface area contributed by atoms with Crippen molar-refractivity contribution < 1.29 is 9.90 Å². The molecule has 1 N–H and O–H groups in total. The van der Waals surface area contributed by atoms with E-state index in [-0.39, 0.29) is 6.42 Å². The molecule has 0 fully saturated rings. The van der Waals surface area contributed by atoms with Gasteiger partial charge in [-0.2, -0.15) is 0 Å². The van der Waals surface area contributed by atoms with Gasteiger partial charge in [0.1, 0.15) is 5.15 Å². The number of nitrogens with zero attached hydrogens (tertiary/aromatic N) is 1. The van der Waals surface area contributed by atoms with Gasteiger partial charge in [-0.15, -0.1) is 0 Å². The smallest absolute Gasteiger partial charge is 0.307 e. The summed E-state index contributed by atoms with van der Waals surface area (Å²) in [6.07, 6.45) is 1.50. The number of aliphatic carboxylic acids is 1. The van der Waals surface area contributed by atoms with E-state index in [1.165, 1.54) is 6.20 Å². The molecule has 0 amide bonds. The molecule has 0 radical (unpaired) electrons. The van der Waals surface area contributed by atoms with E-state index >= 15 is 0 Å².